The lowest BCUT2D eigenvalue weighted by Gasteiger charge is -2.08. The fraction of sp³-hybridized carbons (Fsp3) is 0.350. The third-order valence-corrected chi connectivity index (χ3v) is 6.18. The third kappa shape index (κ3) is 4.78. The van der Waals surface area contributed by atoms with Crippen LogP contribution < -0.4 is 5.32 Å². The Morgan fingerprint density at radius 3 is 2.52 bits per heavy atom. The Morgan fingerprint density at radius 1 is 1.15 bits per heavy atom. The minimum Gasteiger partial charge on any atom is -0.325 e. The highest BCUT2D eigenvalue weighted by atomic mass is 32.2. The van der Waals surface area contributed by atoms with Crippen molar-refractivity contribution in [2.24, 2.45) is 0 Å². The Kier molecular flexibility index (Phi) is 6.34. The monoisotopic (exact) mass is 400 g/mol. The van der Waals surface area contributed by atoms with Gasteiger partial charge >= 0.3 is 0 Å². The summed E-state index contributed by atoms with van der Waals surface area (Å²) in [5.74, 6) is 1.13. The molecule has 0 spiro atoms. The summed E-state index contributed by atoms with van der Waals surface area (Å²) in [7, 11) is 0. The van der Waals surface area contributed by atoms with E-state index in [0.29, 0.717) is 5.75 Å². The van der Waals surface area contributed by atoms with E-state index in [1.54, 1.807) is 11.3 Å². The molecule has 0 aliphatic carbocycles. The molecule has 27 heavy (non-hydrogen) atoms. The van der Waals surface area contributed by atoms with Gasteiger partial charge in [-0.05, 0) is 56.5 Å². The Labute approximate surface area is 168 Å². The van der Waals surface area contributed by atoms with Crippen LogP contribution in [0.3, 0.4) is 0 Å². The largest absolute Gasteiger partial charge is 0.325 e. The number of carbonyl (C=O) groups excluding carboxylic acids is 1. The molecule has 0 fully saturated rings. The van der Waals surface area contributed by atoms with Gasteiger partial charge in [0.15, 0.2) is 11.0 Å². The SMILES string of the molecule is CCc1cc(-c2nnc(SCC(=O)Nc3cc(C)cc(C)c3)n2CC)cs1. The number of hydrogen-bond donors (Lipinski definition) is 1. The van der Waals surface area contributed by atoms with Crippen LogP contribution in [0.15, 0.2) is 34.8 Å². The van der Waals surface area contributed by atoms with Gasteiger partial charge in [-0.1, -0.05) is 24.8 Å². The van der Waals surface area contributed by atoms with Crippen LogP contribution in [-0.4, -0.2) is 26.4 Å². The maximum Gasteiger partial charge on any atom is 0.234 e. The van der Waals surface area contributed by atoms with Gasteiger partial charge in [-0.25, -0.2) is 0 Å². The molecule has 3 aromatic rings. The van der Waals surface area contributed by atoms with Crippen LogP contribution >= 0.6 is 23.1 Å². The lowest BCUT2D eigenvalue weighted by Crippen LogP contribution is -2.15. The summed E-state index contributed by atoms with van der Waals surface area (Å²) in [6.45, 7) is 9.03. The second kappa shape index (κ2) is 8.71. The summed E-state index contributed by atoms with van der Waals surface area (Å²) in [4.78, 5) is 13.7. The third-order valence-electron chi connectivity index (χ3n) is 4.13. The summed E-state index contributed by atoms with van der Waals surface area (Å²) in [6, 6.07) is 8.21. The van der Waals surface area contributed by atoms with Crippen molar-refractivity contribution in [1.29, 1.82) is 0 Å². The van der Waals surface area contributed by atoms with E-state index in [-0.39, 0.29) is 5.91 Å². The molecule has 3 rings (SSSR count). The van der Waals surface area contributed by atoms with Gasteiger partial charge in [-0.3, -0.25) is 4.79 Å². The smallest absolute Gasteiger partial charge is 0.234 e. The highest BCUT2D eigenvalue weighted by Gasteiger charge is 2.15. The molecule has 7 heteroatoms. The highest BCUT2D eigenvalue weighted by Crippen LogP contribution is 2.28. The molecule has 0 aliphatic heterocycles. The number of amides is 1. The Bertz CT molecular complexity index is 925. The molecular formula is C20H24N4OS2. The number of benzene rings is 1. The van der Waals surface area contributed by atoms with Crippen molar-refractivity contribution >= 4 is 34.7 Å². The molecule has 1 aromatic carbocycles. The summed E-state index contributed by atoms with van der Waals surface area (Å²) in [5.41, 5.74) is 4.20. The van der Waals surface area contributed by atoms with Crippen molar-refractivity contribution < 1.29 is 4.79 Å². The van der Waals surface area contributed by atoms with Crippen molar-refractivity contribution in [1.82, 2.24) is 14.8 Å². The normalized spacial score (nSPS) is 11.0. The zero-order chi connectivity index (χ0) is 19.4. The second-order valence-electron chi connectivity index (χ2n) is 6.42. The Balaban J connectivity index is 1.68. The molecule has 0 saturated carbocycles. The summed E-state index contributed by atoms with van der Waals surface area (Å²) in [6.07, 6.45) is 1.02. The van der Waals surface area contributed by atoms with Crippen LogP contribution in [-0.2, 0) is 17.8 Å². The van der Waals surface area contributed by atoms with E-state index >= 15 is 0 Å². The van der Waals surface area contributed by atoms with Crippen molar-refractivity contribution in [2.75, 3.05) is 11.1 Å². The van der Waals surface area contributed by atoms with Crippen molar-refractivity contribution in [3.05, 3.63) is 45.6 Å². The predicted molar refractivity (Wildman–Crippen MR) is 114 cm³/mol. The van der Waals surface area contributed by atoms with E-state index in [1.807, 2.05) is 26.0 Å². The number of nitrogens with zero attached hydrogens (tertiary/aromatic N) is 3. The zero-order valence-corrected chi connectivity index (χ0v) is 17.7. The number of aromatic nitrogens is 3. The first-order valence-corrected chi connectivity index (χ1v) is 10.9. The lowest BCUT2D eigenvalue weighted by molar-refractivity contribution is -0.113. The van der Waals surface area contributed by atoms with Crippen LogP contribution in [0, 0.1) is 13.8 Å². The number of thioether (sulfide) groups is 1. The topological polar surface area (TPSA) is 59.8 Å². The molecule has 2 heterocycles. The van der Waals surface area contributed by atoms with Crippen molar-refractivity contribution in [3.8, 4) is 11.4 Å². The van der Waals surface area contributed by atoms with Gasteiger partial charge in [0.1, 0.15) is 0 Å². The Hall–Kier alpha value is -2.12. The van der Waals surface area contributed by atoms with Gasteiger partial charge < -0.3 is 9.88 Å². The molecule has 0 unspecified atom stereocenters. The van der Waals surface area contributed by atoms with Gasteiger partial charge in [0.25, 0.3) is 0 Å². The van der Waals surface area contributed by atoms with E-state index in [9.17, 15) is 4.79 Å². The van der Waals surface area contributed by atoms with Crippen LogP contribution in [0.4, 0.5) is 5.69 Å². The molecule has 0 aliphatic rings. The van der Waals surface area contributed by atoms with E-state index in [4.69, 9.17) is 0 Å². The van der Waals surface area contributed by atoms with Crippen LogP contribution in [0.25, 0.3) is 11.4 Å². The molecule has 1 N–H and O–H groups in total. The predicted octanol–water partition coefficient (Wildman–Crippen LogP) is 4.94. The van der Waals surface area contributed by atoms with Crippen molar-refractivity contribution in [3.63, 3.8) is 0 Å². The molecule has 0 atom stereocenters. The first-order valence-electron chi connectivity index (χ1n) is 9.02. The molecular weight excluding hydrogens is 376 g/mol. The van der Waals surface area contributed by atoms with Gasteiger partial charge in [0.05, 0.1) is 5.75 Å². The minimum atomic E-state index is -0.0407. The number of anilines is 1. The first-order chi connectivity index (χ1) is 13.0. The van der Waals surface area contributed by atoms with Crippen LogP contribution in [0.1, 0.15) is 29.9 Å². The molecule has 0 saturated heterocycles. The molecule has 5 nitrogen and oxygen atoms in total. The minimum absolute atomic E-state index is 0.0407. The first kappa shape index (κ1) is 19.6. The highest BCUT2D eigenvalue weighted by molar-refractivity contribution is 7.99. The lowest BCUT2D eigenvalue weighted by atomic mass is 10.1. The maximum atomic E-state index is 12.3. The van der Waals surface area contributed by atoms with E-state index in [2.05, 4.69) is 51.4 Å². The van der Waals surface area contributed by atoms with Gasteiger partial charge in [0.2, 0.25) is 5.91 Å². The number of hydrogen-bond acceptors (Lipinski definition) is 5. The number of carbonyl (C=O) groups is 1. The summed E-state index contributed by atoms with van der Waals surface area (Å²) >= 11 is 3.16. The maximum absolute atomic E-state index is 12.3. The Morgan fingerprint density at radius 2 is 1.89 bits per heavy atom. The molecule has 1 amide bonds. The van der Waals surface area contributed by atoms with E-state index < -0.39 is 0 Å². The summed E-state index contributed by atoms with van der Waals surface area (Å²) in [5, 5.41) is 14.5. The fourth-order valence-electron chi connectivity index (χ4n) is 2.95. The molecule has 142 valence electrons. The van der Waals surface area contributed by atoms with E-state index in [1.165, 1.54) is 16.6 Å². The molecule has 0 radical (unpaired) electrons. The average Bonchev–Trinajstić information content (AvgIpc) is 3.25. The second-order valence-corrected chi connectivity index (χ2v) is 8.36. The standard InChI is InChI=1S/C20H24N4OS2/c1-5-17-10-15(11-26-17)19-22-23-20(24(19)6-2)27-12-18(25)21-16-8-13(3)7-14(4)9-16/h7-11H,5-6,12H2,1-4H3,(H,21,25). The number of nitrogens with one attached hydrogen (secondary N) is 1. The average molecular weight is 401 g/mol. The molecule has 0 bridgehead atoms. The molecule has 2 aromatic heterocycles. The quantitative estimate of drug-likeness (QED) is 0.571. The number of thiophene rings is 1. The fourth-order valence-corrected chi connectivity index (χ4v) is 4.57. The van der Waals surface area contributed by atoms with Crippen LogP contribution in [0.5, 0.6) is 0 Å². The number of rotatable bonds is 7. The van der Waals surface area contributed by atoms with Gasteiger partial charge in [0, 0.05) is 28.1 Å². The summed E-state index contributed by atoms with van der Waals surface area (Å²) < 4.78 is 2.07. The van der Waals surface area contributed by atoms with Crippen LogP contribution in [0.2, 0.25) is 0 Å². The van der Waals surface area contributed by atoms with Gasteiger partial charge in [-0.15, -0.1) is 21.5 Å². The van der Waals surface area contributed by atoms with Crippen molar-refractivity contribution in [2.45, 2.75) is 45.8 Å². The van der Waals surface area contributed by atoms with E-state index in [0.717, 1.165) is 46.3 Å². The zero-order valence-electron chi connectivity index (χ0n) is 16.1. The van der Waals surface area contributed by atoms with Gasteiger partial charge in [-0.2, -0.15) is 0 Å². The number of aryl methyl sites for hydroxylation is 3.